The summed E-state index contributed by atoms with van der Waals surface area (Å²) < 4.78 is 10.6. The summed E-state index contributed by atoms with van der Waals surface area (Å²) in [5.41, 5.74) is 3.54. The molecule has 1 heterocycles. The van der Waals surface area contributed by atoms with E-state index in [1.165, 1.54) is 30.5 Å². The molecule has 0 bridgehead atoms. The molecule has 3 N–H and O–H groups in total. The predicted molar refractivity (Wildman–Crippen MR) is 134 cm³/mol. The topological polar surface area (TPSA) is 91.8 Å². The van der Waals surface area contributed by atoms with E-state index in [0.29, 0.717) is 31.4 Å². The predicted octanol–water partition coefficient (Wildman–Crippen LogP) is 5.69. The molecule has 0 aliphatic rings. The Morgan fingerprint density at radius 3 is 2.62 bits per heavy atom. The number of esters is 1. The number of unbranched alkanes of at least 4 members (excludes halogenated alkanes) is 3. The lowest BCUT2D eigenvalue weighted by molar-refractivity contribution is -0.148. The number of hydrogen-bond donors (Lipinski definition) is 3. The number of rotatable bonds is 14. The smallest absolute Gasteiger partial charge is 0.302 e. The Morgan fingerprint density at radius 1 is 1.03 bits per heavy atom. The Bertz CT molecular complexity index is 1040. The third-order valence-electron chi connectivity index (χ3n) is 6.28. The Morgan fingerprint density at radius 2 is 1.82 bits per heavy atom. The van der Waals surface area contributed by atoms with E-state index in [1.807, 2.05) is 12.1 Å². The van der Waals surface area contributed by atoms with Crippen molar-refractivity contribution in [1.82, 2.24) is 4.98 Å². The quantitative estimate of drug-likeness (QED) is 0.209. The normalized spacial score (nSPS) is 13.0. The second-order valence-electron chi connectivity index (χ2n) is 8.98. The Hall–Kier alpha value is -2.99. The van der Waals surface area contributed by atoms with Crippen LogP contribution in [0, 0.1) is 0 Å². The molecule has 3 rings (SSSR count). The van der Waals surface area contributed by atoms with E-state index >= 15 is 0 Å². The van der Waals surface area contributed by atoms with Gasteiger partial charge in [0, 0.05) is 30.4 Å². The highest BCUT2D eigenvalue weighted by Crippen LogP contribution is 2.27. The Balaban J connectivity index is 1.36. The molecule has 184 valence electrons. The number of aliphatic hydroxyl groups excluding tert-OH is 1. The van der Waals surface area contributed by atoms with Gasteiger partial charge in [-0.15, -0.1) is 0 Å². The minimum absolute atomic E-state index is 0.0969. The first-order valence-electron chi connectivity index (χ1n) is 12.2. The maximum atomic E-state index is 11.5. The summed E-state index contributed by atoms with van der Waals surface area (Å²) in [5.74, 6) is 0.184. The van der Waals surface area contributed by atoms with Crippen LogP contribution < -0.4 is 4.74 Å². The van der Waals surface area contributed by atoms with Crippen LogP contribution in [0.5, 0.6) is 11.5 Å². The number of nitrogens with one attached hydrogen (secondary N) is 1. The molecule has 0 saturated heterocycles. The number of aryl methyl sites for hydroxylation is 2. The molecule has 2 unspecified atom stereocenters. The van der Waals surface area contributed by atoms with Crippen LogP contribution >= 0.6 is 0 Å². The number of aromatic nitrogens is 1. The number of carbonyl (C=O) groups is 1. The number of fused-ring (bicyclic) bond motifs is 1. The Kier molecular flexibility index (Phi) is 9.83. The van der Waals surface area contributed by atoms with E-state index in [9.17, 15) is 15.0 Å². The summed E-state index contributed by atoms with van der Waals surface area (Å²) in [6.45, 7) is 1.40. The average Bonchev–Trinajstić information content (AvgIpc) is 3.23. The number of carbonyl (C=O) groups excluding carboxylic acids is 1. The number of methoxy groups -OCH3 is 1. The first kappa shape index (κ1) is 25.6. The van der Waals surface area contributed by atoms with Gasteiger partial charge in [0.2, 0.25) is 0 Å². The third-order valence-corrected chi connectivity index (χ3v) is 6.28. The summed E-state index contributed by atoms with van der Waals surface area (Å²) in [6, 6.07) is 13.6. The van der Waals surface area contributed by atoms with Crippen LogP contribution in [-0.2, 0) is 22.4 Å². The fraction of sp³-hybridized carbons (Fsp3) is 0.464. The summed E-state index contributed by atoms with van der Waals surface area (Å²) in [7, 11) is 1.51. The first-order chi connectivity index (χ1) is 16.5. The summed E-state index contributed by atoms with van der Waals surface area (Å²) >= 11 is 0. The fourth-order valence-corrected chi connectivity index (χ4v) is 4.47. The monoisotopic (exact) mass is 467 g/mol. The van der Waals surface area contributed by atoms with Gasteiger partial charge in [0.05, 0.1) is 13.2 Å². The van der Waals surface area contributed by atoms with Gasteiger partial charge < -0.3 is 24.7 Å². The van der Waals surface area contributed by atoms with Crippen LogP contribution in [-0.4, -0.2) is 40.5 Å². The Labute approximate surface area is 201 Å². The molecule has 3 aromatic rings. The zero-order chi connectivity index (χ0) is 24.3. The molecule has 6 nitrogen and oxygen atoms in total. The first-order valence-corrected chi connectivity index (χ1v) is 12.2. The van der Waals surface area contributed by atoms with Crippen molar-refractivity contribution in [2.75, 3.05) is 7.11 Å². The number of para-hydroxylation sites is 1. The van der Waals surface area contributed by atoms with Crippen LogP contribution in [0.2, 0.25) is 0 Å². The SMILES string of the molecule is COc1cc(CCC(CC(O)CCCCCCc2c[nH]c3ccccc23)OC(C)=O)ccc1O. The molecule has 1 aromatic heterocycles. The molecule has 0 radical (unpaired) electrons. The van der Waals surface area contributed by atoms with E-state index in [2.05, 4.69) is 29.4 Å². The third kappa shape index (κ3) is 7.80. The van der Waals surface area contributed by atoms with E-state index < -0.39 is 6.10 Å². The van der Waals surface area contributed by atoms with Crippen molar-refractivity contribution in [1.29, 1.82) is 0 Å². The van der Waals surface area contributed by atoms with Crippen LogP contribution in [0.1, 0.15) is 63.0 Å². The molecular weight excluding hydrogens is 430 g/mol. The van der Waals surface area contributed by atoms with Crippen molar-refractivity contribution in [2.45, 2.75) is 76.9 Å². The molecule has 34 heavy (non-hydrogen) atoms. The number of aliphatic hydroxyl groups is 1. The summed E-state index contributed by atoms with van der Waals surface area (Å²) in [5, 5.41) is 21.6. The molecule has 0 fully saturated rings. The van der Waals surface area contributed by atoms with Gasteiger partial charge in [-0.2, -0.15) is 0 Å². The molecule has 0 aliphatic heterocycles. The molecule has 2 aromatic carbocycles. The largest absolute Gasteiger partial charge is 0.504 e. The number of H-pyrrole nitrogens is 1. The number of aromatic amines is 1. The zero-order valence-corrected chi connectivity index (χ0v) is 20.3. The van der Waals surface area contributed by atoms with Crippen LogP contribution in [0.15, 0.2) is 48.7 Å². The number of phenols is 1. The van der Waals surface area contributed by atoms with E-state index in [4.69, 9.17) is 9.47 Å². The number of phenolic OH excluding ortho intramolecular Hbond substituents is 1. The molecule has 0 spiro atoms. The van der Waals surface area contributed by atoms with Crippen LogP contribution in [0.25, 0.3) is 10.9 Å². The highest BCUT2D eigenvalue weighted by atomic mass is 16.5. The van der Waals surface area contributed by atoms with Gasteiger partial charge >= 0.3 is 5.97 Å². The number of hydrogen-bond acceptors (Lipinski definition) is 5. The molecule has 0 saturated carbocycles. The van der Waals surface area contributed by atoms with Gasteiger partial charge in [-0.3, -0.25) is 4.79 Å². The van der Waals surface area contributed by atoms with Crippen molar-refractivity contribution < 1.29 is 24.5 Å². The highest BCUT2D eigenvalue weighted by Gasteiger charge is 2.18. The van der Waals surface area contributed by atoms with Crippen molar-refractivity contribution >= 4 is 16.9 Å². The maximum absolute atomic E-state index is 11.5. The van der Waals surface area contributed by atoms with Crippen molar-refractivity contribution in [2.24, 2.45) is 0 Å². The van der Waals surface area contributed by atoms with Crippen molar-refractivity contribution in [3.05, 3.63) is 59.8 Å². The number of benzene rings is 2. The van der Waals surface area contributed by atoms with E-state index in [0.717, 1.165) is 37.7 Å². The lowest BCUT2D eigenvalue weighted by atomic mass is 9.99. The van der Waals surface area contributed by atoms with Gasteiger partial charge in [-0.25, -0.2) is 0 Å². The number of aromatic hydroxyl groups is 1. The minimum Gasteiger partial charge on any atom is -0.504 e. The van der Waals surface area contributed by atoms with Crippen LogP contribution in [0.3, 0.4) is 0 Å². The van der Waals surface area contributed by atoms with Crippen molar-refractivity contribution in [3.8, 4) is 11.5 Å². The molecule has 2 atom stereocenters. The highest BCUT2D eigenvalue weighted by molar-refractivity contribution is 5.83. The van der Waals surface area contributed by atoms with E-state index in [1.54, 1.807) is 12.1 Å². The molecule has 0 amide bonds. The summed E-state index contributed by atoms with van der Waals surface area (Å²) in [6.07, 6.45) is 9.03. The molecular formula is C28H37NO5. The average molecular weight is 468 g/mol. The lowest BCUT2D eigenvalue weighted by Crippen LogP contribution is -2.23. The van der Waals surface area contributed by atoms with Gasteiger partial charge in [-0.05, 0) is 61.4 Å². The lowest BCUT2D eigenvalue weighted by Gasteiger charge is -2.20. The maximum Gasteiger partial charge on any atom is 0.302 e. The van der Waals surface area contributed by atoms with Gasteiger partial charge in [0.1, 0.15) is 6.10 Å². The standard InChI is InChI=1S/C28H37NO5/c1-20(30)34-24(15-13-21-14-16-27(32)28(17-21)33-2)18-23(31)10-6-4-3-5-9-22-19-29-26-12-8-7-11-25(22)26/h7-8,11-12,14,16-17,19,23-24,29,31-32H,3-6,9-10,13,15,18H2,1-2H3. The van der Waals surface area contributed by atoms with Crippen LogP contribution in [0.4, 0.5) is 0 Å². The number of ether oxygens (including phenoxy) is 2. The van der Waals surface area contributed by atoms with Crippen molar-refractivity contribution in [3.63, 3.8) is 0 Å². The van der Waals surface area contributed by atoms with E-state index in [-0.39, 0.29) is 17.8 Å². The second-order valence-corrected chi connectivity index (χ2v) is 8.98. The van der Waals surface area contributed by atoms with Gasteiger partial charge in [0.25, 0.3) is 0 Å². The minimum atomic E-state index is -0.493. The summed E-state index contributed by atoms with van der Waals surface area (Å²) in [4.78, 5) is 14.9. The zero-order valence-electron chi connectivity index (χ0n) is 20.3. The fourth-order valence-electron chi connectivity index (χ4n) is 4.47. The molecule has 0 aliphatic carbocycles. The van der Waals surface area contributed by atoms with Gasteiger partial charge in [0.15, 0.2) is 11.5 Å². The second kappa shape index (κ2) is 13.0. The van der Waals surface area contributed by atoms with Gasteiger partial charge in [-0.1, -0.05) is 43.5 Å². The molecule has 6 heteroatoms.